The number of nitrogens with one attached hydrogen (secondary N) is 4. The number of rotatable bonds is 5. The van der Waals surface area contributed by atoms with Gasteiger partial charge in [-0.1, -0.05) is 18.2 Å². The molecular formula is C22H18N4O4. The van der Waals surface area contributed by atoms with Gasteiger partial charge in [0.15, 0.2) is 0 Å². The van der Waals surface area contributed by atoms with E-state index in [-0.39, 0.29) is 23.8 Å². The van der Waals surface area contributed by atoms with Crippen molar-refractivity contribution < 1.29 is 14.0 Å². The minimum absolute atomic E-state index is 0.165. The van der Waals surface area contributed by atoms with Gasteiger partial charge in [-0.2, -0.15) is 0 Å². The number of amides is 3. The largest absolute Gasteiger partial charge is 0.467 e. The molecular weight excluding hydrogens is 384 g/mol. The third-order valence-corrected chi connectivity index (χ3v) is 4.40. The van der Waals surface area contributed by atoms with Crippen molar-refractivity contribution in [2.75, 3.05) is 10.6 Å². The van der Waals surface area contributed by atoms with E-state index < -0.39 is 5.91 Å². The highest BCUT2D eigenvalue weighted by Gasteiger charge is 2.10. The molecule has 0 saturated heterocycles. The summed E-state index contributed by atoms with van der Waals surface area (Å²) < 4.78 is 5.15. The molecule has 2 aromatic carbocycles. The van der Waals surface area contributed by atoms with Crippen LogP contribution >= 0.6 is 0 Å². The first-order valence-corrected chi connectivity index (χ1v) is 9.19. The van der Waals surface area contributed by atoms with Crippen LogP contribution in [0.4, 0.5) is 16.2 Å². The predicted octanol–water partition coefficient (Wildman–Crippen LogP) is 3.70. The quantitative estimate of drug-likeness (QED) is 0.407. The zero-order valence-corrected chi connectivity index (χ0v) is 15.8. The Morgan fingerprint density at radius 3 is 2.37 bits per heavy atom. The van der Waals surface area contributed by atoms with Crippen molar-refractivity contribution in [1.29, 1.82) is 0 Å². The zero-order valence-electron chi connectivity index (χ0n) is 15.8. The third kappa shape index (κ3) is 4.39. The highest BCUT2D eigenvalue weighted by Crippen LogP contribution is 2.15. The van der Waals surface area contributed by atoms with Crippen molar-refractivity contribution in [3.63, 3.8) is 0 Å². The van der Waals surface area contributed by atoms with Gasteiger partial charge in [-0.15, -0.1) is 0 Å². The number of furan rings is 1. The normalized spacial score (nSPS) is 10.5. The topological polar surface area (TPSA) is 116 Å². The smallest absolute Gasteiger partial charge is 0.319 e. The van der Waals surface area contributed by atoms with Crippen LogP contribution in [-0.4, -0.2) is 16.9 Å². The van der Waals surface area contributed by atoms with Gasteiger partial charge < -0.3 is 25.4 Å². The van der Waals surface area contributed by atoms with E-state index in [2.05, 4.69) is 20.9 Å². The zero-order chi connectivity index (χ0) is 20.9. The van der Waals surface area contributed by atoms with E-state index in [4.69, 9.17) is 4.42 Å². The Labute approximate surface area is 170 Å². The van der Waals surface area contributed by atoms with E-state index >= 15 is 0 Å². The molecule has 150 valence electrons. The summed E-state index contributed by atoms with van der Waals surface area (Å²) in [5.41, 5.74) is 0.927. The van der Waals surface area contributed by atoms with Crippen molar-refractivity contribution >= 4 is 34.1 Å². The Morgan fingerprint density at radius 1 is 0.900 bits per heavy atom. The fourth-order valence-corrected chi connectivity index (χ4v) is 2.92. The monoisotopic (exact) mass is 402 g/mol. The molecule has 0 saturated carbocycles. The lowest BCUT2D eigenvalue weighted by molar-refractivity contribution is 0.102. The number of hydrogen-bond acceptors (Lipinski definition) is 4. The van der Waals surface area contributed by atoms with Gasteiger partial charge in [0.2, 0.25) is 0 Å². The molecule has 2 heterocycles. The number of H-pyrrole nitrogens is 1. The predicted molar refractivity (Wildman–Crippen MR) is 114 cm³/mol. The molecule has 3 amide bonds. The van der Waals surface area contributed by atoms with Crippen molar-refractivity contribution in [1.82, 2.24) is 10.3 Å². The van der Waals surface area contributed by atoms with Crippen LogP contribution in [0.15, 0.2) is 82.2 Å². The fraction of sp³-hybridized carbons (Fsp3) is 0.0455. The number of pyridine rings is 1. The average Bonchev–Trinajstić information content (AvgIpc) is 3.27. The Balaban J connectivity index is 1.38. The van der Waals surface area contributed by atoms with Gasteiger partial charge in [0, 0.05) is 16.8 Å². The van der Waals surface area contributed by atoms with Crippen LogP contribution < -0.4 is 21.5 Å². The molecule has 0 aliphatic heterocycles. The first kappa shape index (κ1) is 19.0. The number of anilines is 2. The minimum atomic E-state index is -0.435. The van der Waals surface area contributed by atoms with E-state index in [9.17, 15) is 14.4 Å². The minimum Gasteiger partial charge on any atom is -0.467 e. The van der Waals surface area contributed by atoms with Gasteiger partial charge in [-0.3, -0.25) is 9.59 Å². The molecule has 0 fully saturated rings. The summed E-state index contributed by atoms with van der Waals surface area (Å²) in [6.45, 7) is 0.275. The van der Waals surface area contributed by atoms with Gasteiger partial charge in [0.25, 0.3) is 11.5 Å². The molecule has 0 atom stereocenters. The Hall–Kier alpha value is -4.33. The number of aromatic nitrogens is 1. The van der Waals surface area contributed by atoms with Crippen LogP contribution in [0.1, 0.15) is 16.2 Å². The number of aromatic amines is 1. The van der Waals surface area contributed by atoms with Crippen LogP contribution in [-0.2, 0) is 6.54 Å². The Morgan fingerprint density at radius 2 is 1.63 bits per heavy atom. The molecule has 30 heavy (non-hydrogen) atoms. The maximum atomic E-state index is 12.5. The highest BCUT2D eigenvalue weighted by atomic mass is 16.3. The van der Waals surface area contributed by atoms with Crippen LogP contribution in [0.25, 0.3) is 10.8 Å². The molecule has 0 aliphatic carbocycles. The lowest BCUT2D eigenvalue weighted by Crippen LogP contribution is -2.27. The molecule has 2 aromatic heterocycles. The van der Waals surface area contributed by atoms with E-state index in [1.54, 1.807) is 66.7 Å². The molecule has 0 spiro atoms. The summed E-state index contributed by atoms with van der Waals surface area (Å²) in [4.78, 5) is 39.2. The van der Waals surface area contributed by atoms with Gasteiger partial charge in [0.1, 0.15) is 11.5 Å². The molecule has 4 N–H and O–H groups in total. The Bertz CT molecular complexity index is 1240. The lowest BCUT2D eigenvalue weighted by Gasteiger charge is -2.09. The highest BCUT2D eigenvalue weighted by molar-refractivity contribution is 6.04. The molecule has 8 heteroatoms. The summed E-state index contributed by atoms with van der Waals surface area (Å²) in [6, 6.07) is 18.4. The SMILES string of the molecule is O=C(NCc1ccco1)Nc1ccc(NC(=O)c2cc3ccccc3c(=O)[nH]2)cc1. The van der Waals surface area contributed by atoms with Crippen molar-refractivity contribution in [3.05, 3.63) is 94.8 Å². The second-order valence-electron chi connectivity index (χ2n) is 6.52. The van der Waals surface area contributed by atoms with Crippen LogP contribution in [0.2, 0.25) is 0 Å². The average molecular weight is 402 g/mol. The van der Waals surface area contributed by atoms with Crippen LogP contribution in [0.5, 0.6) is 0 Å². The number of carbonyl (C=O) groups excluding carboxylic acids is 2. The van der Waals surface area contributed by atoms with E-state index in [0.717, 1.165) is 0 Å². The first-order chi connectivity index (χ1) is 14.6. The number of benzene rings is 2. The first-order valence-electron chi connectivity index (χ1n) is 9.19. The van der Waals surface area contributed by atoms with E-state index in [1.165, 1.54) is 6.26 Å². The summed E-state index contributed by atoms with van der Waals surface area (Å²) in [5.74, 6) is 0.213. The summed E-state index contributed by atoms with van der Waals surface area (Å²) in [6.07, 6.45) is 1.54. The van der Waals surface area contributed by atoms with Gasteiger partial charge in [0.05, 0.1) is 12.8 Å². The molecule has 8 nitrogen and oxygen atoms in total. The lowest BCUT2D eigenvalue weighted by atomic mass is 10.1. The fourth-order valence-electron chi connectivity index (χ4n) is 2.92. The molecule has 0 aliphatic rings. The van der Waals surface area contributed by atoms with E-state index in [0.29, 0.717) is 27.9 Å². The van der Waals surface area contributed by atoms with Crippen LogP contribution in [0.3, 0.4) is 0 Å². The molecule has 0 bridgehead atoms. The van der Waals surface area contributed by atoms with Crippen molar-refractivity contribution in [2.24, 2.45) is 0 Å². The summed E-state index contributed by atoms with van der Waals surface area (Å²) in [5, 5.41) is 9.30. The molecule has 4 aromatic rings. The summed E-state index contributed by atoms with van der Waals surface area (Å²) in [7, 11) is 0. The van der Waals surface area contributed by atoms with Crippen LogP contribution in [0, 0.1) is 0 Å². The second kappa shape index (κ2) is 8.36. The second-order valence-corrected chi connectivity index (χ2v) is 6.52. The maximum absolute atomic E-state index is 12.5. The van der Waals surface area contributed by atoms with E-state index in [1.807, 2.05) is 0 Å². The Kier molecular flexibility index (Phi) is 5.29. The summed E-state index contributed by atoms with van der Waals surface area (Å²) >= 11 is 0. The van der Waals surface area contributed by atoms with Crippen molar-refractivity contribution in [2.45, 2.75) is 6.54 Å². The van der Waals surface area contributed by atoms with Crippen molar-refractivity contribution in [3.8, 4) is 0 Å². The number of carbonyl (C=O) groups is 2. The number of urea groups is 1. The van der Waals surface area contributed by atoms with Gasteiger partial charge in [-0.05, 0) is 53.9 Å². The number of fused-ring (bicyclic) bond motifs is 1. The van der Waals surface area contributed by atoms with Gasteiger partial charge in [-0.25, -0.2) is 4.79 Å². The molecule has 0 radical (unpaired) electrons. The standard InChI is InChI=1S/C22H18N4O4/c27-20-18-6-2-1-4-14(18)12-19(26-20)21(28)24-15-7-9-16(10-8-15)25-22(29)23-13-17-5-3-11-30-17/h1-12H,13H2,(H,24,28)(H,26,27)(H2,23,25,29). The maximum Gasteiger partial charge on any atom is 0.319 e. The molecule has 4 rings (SSSR count). The third-order valence-electron chi connectivity index (χ3n) is 4.40. The number of hydrogen-bond donors (Lipinski definition) is 4. The molecule has 0 unspecified atom stereocenters. The van der Waals surface area contributed by atoms with Gasteiger partial charge >= 0.3 is 6.03 Å².